The minimum Gasteiger partial charge on any atom is -0.352 e. The Morgan fingerprint density at radius 3 is 2.53 bits per heavy atom. The summed E-state index contributed by atoms with van der Waals surface area (Å²) in [5.74, 6) is -0.140. The Hall–Kier alpha value is -3.12. The van der Waals surface area contributed by atoms with Gasteiger partial charge in [-0.3, -0.25) is 4.79 Å². The van der Waals surface area contributed by atoms with Crippen LogP contribution in [0.2, 0.25) is 0 Å². The summed E-state index contributed by atoms with van der Waals surface area (Å²) in [6.07, 6.45) is 9.94. The van der Waals surface area contributed by atoms with Crippen molar-refractivity contribution in [3.05, 3.63) is 96.2 Å². The smallest absolute Gasteiger partial charge is 0.251 e. The lowest BCUT2D eigenvalue weighted by atomic mass is 10.0. The van der Waals surface area contributed by atoms with Crippen molar-refractivity contribution in [2.75, 3.05) is 6.54 Å². The molecule has 0 radical (unpaired) electrons. The third-order valence-corrected chi connectivity index (χ3v) is 7.85. The molecule has 1 unspecified atom stereocenters. The first-order valence-electron chi connectivity index (χ1n) is 9.94. The molecule has 0 aliphatic heterocycles. The normalized spacial score (nSPS) is 18.6. The fraction of sp³-hybridized carbons (Fsp3) is 0.208. The summed E-state index contributed by atoms with van der Waals surface area (Å²) < 4.78 is 27.4. The van der Waals surface area contributed by atoms with Crippen molar-refractivity contribution in [2.45, 2.75) is 24.5 Å². The van der Waals surface area contributed by atoms with Gasteiger partial charge in [0.15, 0.2) is 0 Å². The van der Waals surface area contributed by atoms with Crippen LogP contribution in [0.4, 0.5) is 0 Å². The van der Waals surface area contributed by atoms with Crippen LogP contribution in [0.1, 0.15) is 29.3 Å². The second kappa shape index (κ2) is 7.95. The summed E-state index contributed by atoms with van der Waals surface area (Å²) in [6.45, 7) is 2.17. The molecule has 2 aromatic carbocycles. The van der Waals surface area contributed by atoms with Crippen molar-refractivity contribution in [2.24, 2.45) is 0 Å². The van der Waals surface area contributed by atoms with Crippen molar-refractivity contribution in [1.82, 2.24) is 9.29 Å². The summed E-state index contributed by atoms with van der Waals surface area (Å²) in [4.78, 5) is 12.3. The number of aromatic nitrogens is 1. The molecular weight excluding hydrogens is 396 g/mol. The Balaban J connectivity index is 1.61. The largest absolute Gasteiger partial charge is 0.352 e. The van der Waals surface area contributed by atoms with Crippen LogP contribution in [0.15, 0.2) is 85.1 Å². The zero-order chi connectivity index (χ0) is 21.2. The SMILES string of the molecule is CC1(S(=O)(=O)n2cc(CCNC(=O)c3ccccc3)c3ccccc32)C=CC=CC1. The molecule has 0 saturated heterocycles. The summed E-state index contributed by atoms with van der Waals surface area (Å²) in [5, 5.41) is 3.80. The highest BCUT2D eigenvalue weighted by Crippen LogP contribution is 2.32. The highest BCUT2D eigenvalue weighted by Gasteiger charge is 2.38. The van der Waals surface area contributed by atoms with Crippen LogP contribution in [0, 0.1) is 0 Å². The minimum atomic E-state index is -3.66. The predicted octanol–water partition coefficient (Wildman–Crippen LogP) is 4.07. The Kier molecular flexibility index (Phi) is 5.35. The molecule has 30 heavy (non-hydrogen) atoms. The maximum Gasteiger partial charge on any atom is 0.251 e. The van der Waals surface area contributed by atoms with Gasteiger partial charge < -0.3 is 5.32 Å². The van der Waals surface area contributed by atoms with Gasteiger partial charge in [-0.05, 0) is 43.5 Å². The fourth-order valence-corrected chi connectivity index (χ4v) is 5.43. The van der Waals surface area contributed by atoms with Gasteiger partial charge in [0.05, 0.1) is 5.52 Å². The lowest BCUT2D eigenvalue weighted by Crippen LogP contribution is -2.37. The molecule has 0 fully saturated rings. The van der Waals surface area contributed by atoms with E-state index in [4.69, 9.17) is 0 Å². The van der Waals surface area contributed by atoms with Gasteiger partial charge >= 0.3 is 0 Å². The number of hydrogen-bond donors (Lipinski definition) is 1. The number of nitrogens with one attached hydrogen (secondary N) is 1. The lowest BCUT2D eigenvalue weighted by Gasteiger charge is -2.27. The zero-order valence-electron chi connectivity index (χ0n) is 16.8. The molecule has 6 heteroatoms. The first kappa shape index (κ1) is 20.2. The molecule has 0 spiro atoms. The predicted molar refractivity (Wildman–Crippen MR) is 120 cm³/mol. The average molecular weight is 421 g/mol. The van der Waals surface area contributed by atoms with Crippen molar-refractivity contribution >= 4 is 26.8 Å². The lowest BCUT2D eigenvalue weighted by molar-refractivity contribution is 0.0954. The summed E-state index contributed by atoms with van der Waals surface area (Å²) >= 11 is 0. The standard InChI is InChI=1S/C24H24N2O3S/c1-24(15-8-3-9-16-24)30(28,29)26-18-20(21-12-6-7-13-22(21)26)14-17-25-23(27)19-10-4-2-5-11-19/h2-13,15,18H,14,16-17H2,1H3,(H,25,27). The maximum absolute atomic E-state index is 13.5. The number of allylic oxidation sites excluding steroid dienone is 3. The van der Waals surface area contributed by atoms with E-state index in [2.05, 4.69) is 5.32 Å². The van der Waals surface area contributed by atoms with Gasteiger partial charge in [-0.15, -0.1) is 0 Å². The molecule has 1 N–H and O–H groups in total. The van der Waals surface area contributed by atoms with Crippen LogP contribution in [0.3, 0.4) is 0 Å². The molecule has 3 aromatic rings. The third-order valence-electron chi connectivity index (χ3n) is 5.54. The molecule has 1 aliphatic rings. The van der Waals surface area contributed by atoms with Gasteiger partial charge in [-0.25, -0.2) is 12.4 Å². The van der Waals surface area contributed by atoms with Crippen LogP contribution in [0.25, 0.3) is 10.9 Å². The van der Waals surface area contributed by atoms with Gasteiger partial charge in [0.1, 0.15) is 4.75 Å². The monoisotopic (exact) mass is 420 g/mol. The Morgan fingerprint density at radius 2 is 1.80 bits per heavy atom. The molecule has 0 bridgehead atoms. The Bertz CT molecular complexity index is 1240. The van der Waals surface area contributed by atoms with Crippen molar-refractivity contribution in [3.63, 3.8) is 0 Å². The van der Waals surface area contributed by atoms with Crippen LogP contribution >= 0.6 is 0 Å². The van der Waals surface area contributed by atoms with Crippen LogP contribution < -0.4 is 5.32 Å². The van der Waals surface area contributed by atoms with Crippen LogP contribution in [0.5, 0.6) is 0 Å². The quantitative estimate of drug-likeness (QED) is 0.654. The molecule has 154 valence electrons. The van der Waals surface area contributed by atoms with Crippen molar-refractivity contribution in [1.29, 1.82) is 0 Å². The molecule has 1 aliphatic carbocycles. The van der Waals surface area contributed by atoms with E-state index in [1.54, 1.807) is 37.4 Å². The number of rotatable bonds is 6. The first-order chi connectivity index (χ1) is 14.4. The van der Waals surface area contributed by atoms with E-state index in [0.29, 0.717) is 30.5 Å². The van der Waals surface area contributed by atoms with E-state index < -0.39 is 14.8 Å². The molecule has 4 rings (SSSR count). The number of carbonyl (C=O) groups is 1. The second-order valence-electron chi connectivity index (χ2n) is 7.65. The van der Waals surface area contributed by atoms with Gasteiger partial charge in [0.25, 0.3) is 5.91 Å². The number of para-hydroxylation sites is 1. The second-order valence-corrected chi connectivity index (χ2v) is 9.92. The van der Waals surface area contributed by atoms with E-state index in [-0.39, 0.29) is 5.91 Å². The van der Waals surface area contributed by atoms with Crippen LogP contribution in [-0.4, -0.2) is 29.6 Å². The average Bonchev–Trinajstić information content (AvgIpc) is 3.14. The topological polar surface area (TPSA) is 68.2 Å². The van der Waals surface area contributed by atoms with E-state index in [0.717, 1.165) is 10.9 Å². The van der Waals surface area contributed by atoms with Gasteiger partial charge in [0, 0.05) is 23.7 Å². The fourth-order valence-electron chi connectivity index (χ4n) is 3.74. The van der Waals surface area contributed by atoms with E-state index >= 15 is 0 Å². The number of carbonyl (C=O) groups excluding carboxylic acids is 1. The number of benzene rings is 2. The molecule has 1 amide bonds. The van der Waals surface area contributed by atoms with Crippen molar-refractivity contribution in [3.8, 4) is 0 Å². The zero-order valence-corrected chi connectivity index (χ0v) is 17.6. The molecule has 0 saturated carbocycles. The van der Waals surface area contributed by atoms with Gasteiger partial charge in [-0.1, -0.05) is 60.7 Å². The number of nitrogens with zero attached hydrogens (tertiary/aromatic N) is 1. The Labute approximate surface area is 176 Å². The molecule has 5 nitrogen and oxygen atoms in total. The molecule has 1 atom stereocenters. The Morgan fingerprint density at radius 1 is 1.07 bits per heavy atom. The van der Waals surface area contributed by atoms with E-state index in [1.807, 2.05) is 54.6 Å². The number of hydrogen-bond acceptors (Lipinski definition) is 3. The molecular formula is C24H24N2O3S. The molecule has 1 heterocycles. The number of fused-ring (bicyclic) bond motifs is 1. The van der Waals surface area contributed by atoms with E-state index in [9.17, 15) is 13.2 Å². The number of amides is 1. The third kappa shape index (κ3) is 3.59. The minimum absolute atomic E-state index is 0.140. The summed E-state index contributed by atoms with van der Waals surface area (Å²) in [5.41, 5.74) is 2.15. The summed E-state index contributed by atoms with van der Waals surface area (Å²) in [7, 11) is -3.66. The van der Waals surface area contributed by atoms with Gasteiger partial charge in [0.2, 0.25) is 10.0 Å². The highest BCUT2D eigenvalue weighted by atomic mass is 32.2. The maximum atomic E-state index is 13.5. The van der Waals surface area contributed by atoms with Crippen molar-refractivity contribution < 1.29 is 13.2 Å². The molecule has 1 aromatic heterocycles. The highest BCUT2D eigenvalue weighted by molar-refractivity contribution is 7.91. The van der Waals surface area contributed by atoms with Crippen LogP contribution in [-0.2, 0) is 16.4 Å². The summed E-state index contributed by atoms with van der Waals surface area (Å²) in [6, 6.07) is 16.5. The first-order valence-corrected chi connectivity index (χ1v) is 11.4. The van der Waals surface area contributed by atoms with Gasteiger partial charge in [-0.2, -0.15) is 0 Å². The van der Waals surface area contributed by atoms with E-state index in [1.165, 1.54) is 3.97 Å².